The van der Waals surface area contributed by atoms with Gasteiger partial charge in [0.05, 0.1) is 0 Å². The topological polar surface area (TPSA) is 71.4 Å². The zero-order chi connectivity index (χ0) is 13.1. The van der Waals surface area contributed by atoms with Gasteiger partial charge in [-0.25, -0.2) is 17.2 Å². The summed E-state index contributed by atoms with van der Waals surface area (Å²) in [6.45, 7) is 0. The number of hydrogen-bond donors (Lipinski definition) is 1. The van der Waals surface area contributed by atoms with Gasteiger partial charge in [-0.1, -0.05) is 30.3 Å². The standard InChI is InChI=1S/C10H10F2O4S/c11-10(12,8-4-2-1-3-5-8)7-17(15,16)6-9(13)14/h1-5H,6-7H2,(H,13,14). The van der Waals surface area contributed by atoms with E-state index >= 15 is 0 Å². The van der Waals surface area contributed by atoms with Gasteiger partial charge in [-0.15, -0.1) is 0 Å². The highest BCUT2D eigenvalue weighted by Crippen LogP contribution is 2.29. The Balaban J connectivity index is 2.91. The zero-order valence-corrected chi connectivity index (χ0v) is 9.45. The van der Waals surface area contributed by atoms with Crippen molar-refractivity contribution >= 4 is 15.8 Å². The van der Waals surface area contributed by atoms with E-state index in [1.54, 1.807) is 0 Å². The van der Waals surface area contributed by atoms with Crippen molar-refractivity contribution in [3.63, 3.8) is 0 Å². The van der Waals surface area contributed by atoms with Crippen molar-refractivity contribution < 1.29 is 27.1 Å². The van der Waals surface area contributed by atoms with Crippen LogP contribution in [0.3, 0.4) is 0 Å². The fourth-order valence-electron chi connectivity index (χ4n) is 1.28. The van der Waals surface area contributed by atoms with Gasteiger partial charge in [0.2, 0.25) is 0 Å². The smallest absolute Gasteiger partial charge is 0.318 e. The third kappa shape index (κ3) is 4.10. The van der Waals surface area contributed by atoms with Gasteiger partial charge < -0.3 is 5.11 Å². The predicted molar refractivity (Wildman–Crippen MR) is 56.6 cm³/mol. The molecular weight excluding hydrogens is 254 g/mol. The molecule has 1 aromatic carbocycles. The van der Waals surface area contributed by atoms with E-state index < -0.39 is 38.8 Å². The molecule has 7 heteroatoms. The Morgan fingerprint density at radius 2 is 1.76 bits per heavy atom. The van der Waals surface area contributed by atoms with Gasteiger partial charge in [0.25, 0.3) is 5.92 Å². The van der Waals surface area contributed by atoms with Gasteiger partial charge >= 0.3 is 5.97 Å². The maximum Gasteiger partial charge on any atom is 0.318 e. The molecule has 0 amide bonds. The molecule has 0 unspecified atom stereocenters. The molecule has 0 saturated heterocycles. The van der Waals surface area contributed by atoms with E-state index in [0.29, 0.717) is 0 Å². The molecular formula is C10H10F2O4S. The molecule has 1 N–H and O–H groups in total. The Morgan fingerprint density at radius 3 is 2.24 bits per heavy atom. The number of hydrogen-bond acceptors (Lipinski definition) is 3. The summed E-state index contributed by atoms with van der Waals surface area (Å²) < 4.78 is 49.4. The maximum atomic E-state index is 13.5. The molecule has 0 aliphatic heterocycles. The van der Waals surface area contributed by atoms with Crippen LogP contribution in [0.2, 0.25) is 0 Å². The fourth-order valence-corrected chi connectivity index (χ4v) is 2.48. The number of halogens is 2. The van der Waals surface area contributed by atoms with Crippen LogP contribution in [-0.4, -0.2) is 31.0 Å². The molecule has 94 valence electrons. The number of aliphatic carboxylic acids is 1. The summed E-state index contributed by atoms with van der Waals surface area (Å²) in [6.07, 6.45) is 0. The van der Waals surface area contributed by atoms with Gasteiger partial charge in [-0.05, 0) is 0 Å². The number of rotatable bonds is 5. The number of carboxylic acids is 1. The summed E-state index contributed by atoms with van der Waals surface area (Å²) in [5, 5.41) is 8.29. The summed E-state index contributed by atoms with van der Waals surface area (Å²) in [6, 6.07) is 6.41. The number of carboxylic acid groups (broad SMARTS) is 1. The van der Waals surface area contributed by atoms with Crippen molar-refractivity contribution in [3.8, 4) is 0 Å². The molecule has 1 rings (SSSR count). The Labute approximate surface area is 96.8 Å². The molecule has 0 aliphatic rings. The van der Waals surface area contributed by atoms with Gasteiger partial charge in [-0.3, -0.25) is 4.79 Å². The molecule has 0 bridgehead atoms. The van der Waals surface area contributed by atoms with E-state index in [-0.39, 0.29) is 0 Å². The van der Waals surface area contributed by atoms with Crippen LogP contribution in [0.25, 0.3) is 0 Å². The molecule has 0 heterocycles. The van der Waals surface area contributed by atoms with Crippen LogP contribution in [0.5, 0.6) is 0 Å². The van der Waals surface area contributed by atoms with E-state index in [1.165, 1.54) is 18.2 Å². The second-order valence-electron chi connectivity index (χ2n) is 3.50. The minimum Gasteiger partial charge on any atom is -0.480 e. The molecule has 0 aromatic heterocycles. The lowest BCUT2D eigenvalue weighted by Crippen LogP contribution is -2.29. The van der Waals surface area contributed by atoms with E-state index in [9.17, 15) is 22.0 Å². The lowest BCUT2D eigenvalue weighted by Gasteiger charge is -2.15. The summed E-state index contributed by atoms with van der Waals surface area (Å²) in [4.78, 5) is 10.2. The van der Waals surface area contributed by atoms with Crippen LogP contribution in [0.1, 0.15) is 5.56 Å². The van der Waals surface area contributed by atoms with E-state index in [2.05, 4.69) is 0 Å². The van der Waals surface area contributed by atoms with Gasteiger partial charge in [0.15, 0.2) is 9.84 Å². The SMILES string of the molecule is O=C(O)CS(=O)(=O)CC(F)(F)c1ccccc1. The fraction of sp³-hybridized carbons (Fsp3) is 0.300. The van der Waals surface area contributed by atoms with Crippen molar-refractivity contribution in [2.45, 2.75) is 5.92 Å². The normalized spacial score (nSPS) is 12.4. The first kappa shape index (κ1) is 13.6. The molecule has 0 fully saturated rings. The third-order valence-electron chi connectivity index (χ3n) is 1.94. The van der Waals surface area contributed by atoms with E-state index in [4.69, 9.17) is 5.11 Å². The molecule has 4 nitrogen and oxygen atoms in total. The Morgan fingerprint density at radius 1 is 1.24 bits per heavy atom. The third-order valence-corrected chi connectivity index (χ3v) is 3.43. The van der Waals surface area contributed by atoms with Crippen molar-refractivity contribution in [1.29, 1.82) is 0 Å². The molecule has 0 saturated carbocycles. The largest absolute Gasteiger partial charge is 0.480 e. The van der Waals surface area contributed by atoms with Crippen LogP contribution >= 0.6 is 0 Å². The second-order valence-corrected chi connectivity index (χ2v) is 5.56. The Kier molecular flexibility index (Phi) is 3.82. The summed E-state index contributed by atoms with van der Waals surface area (Å²) in [5.74, 6) is -8.03. The van der Waals surface area contributed by atoms with Crippen LogP contribution in [0, 0.1) is 0 Å². The average Bonchev–Trinajstić information content (AvgIpc) is 2.15. The lowest BCUT2D eigenvalue weighted by atomic mass is 10.1. The molecule has 0 aliphatic carbocycles. The van der Waals surface area contributed by atoms with Crippen LogP contribution in [-0.2, 0) is 20.6 Å². The number of alkyl halides is 2. The van der Waals surface area contributed by atoms with Gasteiger partial charge in [-0.2, -0.15) is 0 Å². The highest BCUT2D eigenvalue weighted by Gasteiger charge is 2.38. The first-order valence-corrected chi connectivity index (χ1v) is 6.41. The summed E-state index contributed by atoms with van der Waals surface area (Å²) in [5.41, 5.74) is -0.450. The monoisotopic (exact) mass is 264 g/mol. The predicted octanol–water partition coefficient (Wildman–Crippen LogP) is 1.28. The highest BCUT2D eigenvalue weighted by atomic mass is 32.2. The number of carbonyl (C=O) groups is 1. The second kappa shape index (κ2) is 4.79. The molecule has 0 radical (unpaired) electrons. The lowest BCUT2D eigenvalue weighted by molar-refractivity contribution is -0.134. The van der Waals surface area contributed by atoms with E-state index in [1.807, 2.05) is 0 Å². The average molecular weight is 264 g/mol. The zero-order valence-electron chi connectivity index (χ0n) is 8.64. The molecule has 0 atom stereocenters. The first-order chi connectivity index (χ1) is 7.73. The van der Waals surface area contributed by atoms with E-state index in [0.717, 1.165) is 12.1 Å². The maximum absolute atomic E-state index is 13.5. The number of sulfone groups is 1. The van der Waals surface area contributed by atoms with Gasteiger partial charge in [0, 0.05) is 5.56 Å². The Hall–Kier alpha value is -1.50. The minimum atomic E-state index is -4.34. The first-order valence-electron chi connectivity index (χ1n) is 4.58. The van der Waals surface area contributed by atoms with Crippen LogP contribution in [0.4, 0.5) is 8.78 Å². The molecule has 1 aromatic rings. The molecule has 0 spiro atoms. The summed E-state index contributed by atoms with van der Waals surface area (Å²) >= 11 is 0. The van der Waals surface area contributed by atoms with Crippen LogP contribution in [0.15, 0.2) is 30.3 Å². The Bertz CT molecular complexity index is 496. The van der Waals surface area contributed by atoms with Crippen LogP contribution < -0.4 is 0 Å². The highest BCUT2D eigenvalue weighted by molar-refractivity contribution is 7.92. The minimum absolute atomic E-state index is 0.450. The quantitative estimate of drug-likeness (QED) is 0.869. The number of benzene rings is 1. The van der Waals surface area contributed by atoms with Crippen molar-refractivity contribution in [3.05, 3.63) is 35.9 Å². The van der Waals surface area contributed by atoms with Gasteiger partial charge in [0.1, 0.15) is 11.5 Å². The van der Waals surface area contributed by atoms with Crippen molar-refractivity contribution in [2.75, 3.05) is 11.5 Å². The van der Waals surface area contributed by atoms with Crippen molar-refractivity contribution in [1.82, 2.24) is 0 Å². The van der Waals surface area contributed by atoms with Crippen molar-refractivity contribution in [2.24, 2.45) is 0 Å². The summed E-state index contributed by atoms with van der Waals surface area (Å²) in [7, 11) is -4.34. The molecule has 17 heavy (non-hydrogen) atoms.